The van der Waals surface area contributed by atoms with Gasteiger partial charge in [-0.3, -0.25) is 10.2 Å². The number of amidine groups is 1. The summed E-state index contributed by atoms with van der Waals surface area (Å²) in [6, 6.07) is 12.8. The molecule has 0 aliphatic heterocycles. The van der Waals surface area contributed by atoms with Gasteiger partial charge < -0.3 is 21.8 Å². The van der Waals surface area contributed by atoms with Gasteiger partial charge in [0.15, 0.2) is 5.78 Å². The molecule has 0 amide bonds. The lowest BCUT2D eigenvalue weighted by Gasteiger charge is -2.05. The molecule has 7 nitrogen and oxygen atoms in total. The molecule has 3 rings (SSSR count). The lowest BCUT2D eigenvalue weighted by Crippen LogP contribution is -2.10. The number of imidazole rings is 1. The van der Waals surface area contributed by atoms with E-state index in [-0.39, 0.29) is 11.6 Å². The summed E-state index contributed by atoms with van der Waals surface area (Å²) in [7, 11) is 1.50. The highest BCUT2D eigenvalue weighted by Gasteiger charge is 2.06. The molecule has 25 heavy (non-hydrogen) atoms. The maximum atomic E-state index is 11.4. The van der Waals surface area contributed by atoms with Crippen LogP contribution < -0.4 is 16.8 Å². The van der Waals surface area contributed by atoms with E-state index in [4.69, 9.17) is 11.1 Å². The van der Waals surface area contributed by atoms with Gasteiger partial charge in [0.2, 0.25) is 0 Å². The summed E-state index contributed by atoms with van der Waals surface area (Å²) >= 11 is 0. The number of H-pyrrole nitrogens is 1. The van der Waals surface area contributed by atoms with Crippen molar-refractivity contribution in [3.8, 4) is 0 Å². The number of nitrogens with zero attached hydrogens (tertiary/aromatic N) is 1. The predicted molar refractivity (Wildman–Crippen MR) is 101 cm³/mol. The Morgan fingerprint density at radius 2 is 1.80 bits per heavy atom. The van der Waals surface area contributed by atoms with Crippen molar-refractivity contribution in [1.82, 2.24) is 9.97 Å². The number of aromatic amines is 1. The molecular formula is C18H22N6O. The first kappa shape index (κ1) is 18.2. The van der Waals surface area contributed by atoms with Crippen LogP contribution in [-0.4, -0.2) is 28.6 Å². The van der Waals surface area contributed by atoms with Crippen molar-refractivity contribution in [2.24, 2.45) is 11.5 Å². The Kier molecular flexibility index (Phi) is 5.86. The van der Waals surface area contributed by atoms with Crippen molar-refractivity contribution in [3.63, 3.8) is 0 Å². The third kappa shape index (κ3) is 4.42. The monoisotopic (exact) mass is 338 g/mol. The van der Waals surface area contributed by atoms with Gasteiger partial charge in [0.1, 0.15) is 11.7 Å². The molecule has 0 atom stereocenters. The zero-order valence-corrected chi connectivity index (χ0v) is 14.3. The molecule has 7 N–H and O–H groups in total. The maximum absolute atomic E-state index is 11.4. The van der Waals surface area contributed by atoms with Gasteiger partial charge in [-0.1, -0.05) is 0 Å². The molecule has 7 heteroatoms. The molecule has 0 spiro atoms. The van der Waals surface area contributed by atoms with Crippen LogP contribution >= 0.6 is 0 Å². The van der Waals surface area contributed by atoms with Crippen molar-refractivity contribution in [2.75, 3.05) is 12.4 Å². The van der Waals surface area contributed by atoms with Crippen molar-refractivity contribution >= 4 is 28.3 Å². The van der Waals surface area contributed by atoms with Gasteiger partial charge in [-0.2, -0.15) is 0 Å². The van der Waals surface area contributed by atoms with Crippen LogP contribution in [0.15, 0.2) is 42.5 Å². The summed E-state index contributed by atoms with van der Waals surface area (Å²) < 4.78 is 0. The number of nitrogens with one attached hydrogen (secondary N) is 3. The minimum absolute atomic E-state index is 0.0340. The zero-order valence-electron chi connectivity index (χ0n) is 14.3. The quantitative estimate of drug-likeness (QED) is 0.276. The number of anilines is 1. The summed E-state index contributed by atoms with van der Waals surface area (Å²) in [4.78, 5) is 19.1. The van der Waals surface area contributed by atoms with E-state index in [2.05, 4.69) is 21.0 Å². The minimum Gasteiger partial charge on any atom is -0.384 e. The van der Waals surface area contributed by atoms with E-state index in [1.54, 1.807) is 25.1 Å². The number of carbonyl (C=O) groups excluding carboxylic acids is 1. The SMILES string of the molecule is CC(=O)c1ccc2nc(CNc3ccc(C(=N)N)cc3)[nH]c2c1.CN. The van der Waals surface area contributed by atoms with E-state index >= 15 is 0 Å². The van der Waals surface area contributed by atoms with E-state index in [0.717, 1.165) is 22.5 Å². The summed E-state index contributed by atoms with van der Waals surface area (Å²) in [5.41, 5.74) is 13.9. The molecule has 0 aliphatic rings. The Balaban J connectivity index is 0.00000109. The predicted octanol–water partition coefficient (Wildman–Crippen LogP) is 2.24. The largest absolute Gasteiger partial charge is 0.384 e. The summed E-state index contributed by atoms with van der Waals surface area (Å²) in [6.07, 6.45) is 0. The van der Waals surface area contributed by atoms with Gasteiger partial charge in [0.25, 0.3) is 0 Å². The average molecular weight is 338 g/mol. The number of fused-ring (bicyclic) bond motifs is 1. The van der Waals surface area contributed by atoms with Gasteiger partial charge in [-0.05, 0) is 56.4 Å². The number of carbonyl (C=O) groups is 1. The third-order valence-corrected chi connectivity index (χ3v) is 3.59. The Labute approximate surface area is 146 Å². The first-order valence-electron chi connectivity index (χ1n) is 7.78. The molecule has 3 aromatic rings. The maximum Gasteiger partial charge on any atom is 0.159 e. The standard InChI is InChI=1S/C17H17N5O.CH5N/c1-10(23)12-4-7-14-15(8-12)22-16(21-14)9-20-13-5-2-11(3-6-13)17(18)19;1-2/h2-8,20H,9H2,1H3,(H3,18,19)(H,21,22);2H2,1H3. The Morgan fingerprint density at radius 3 is 2.40 bits per heavy atom. The van der Waals surface area contributed by atoms with Crippen LogP contribution in [0.4, 0.5) is 5.69 Å². The number of benzene rings is 2. The van der Waals surface area contributed by atoms with Crippen LogP contribution in [0, 0.1) is 5.41 Å². The van der Waals surface area contributed by atoms with Crippen molar-refractivity contribution < 1.29 is 4.79 Å². The molecule has 0 bridgehead atoms. The zero-order chi connectivity index (χ0) is 18.4. The first-order chi connectivity index (χ1) is 12.0. The first-order valence-corrected chi connectivity index (χ1v) is 7.78. The highest BCUT2D eigenvalue weighted by atomic mass is 16.1. The van der Waals surface area contributed by atoms with E-state index in [9.17, 15) is 4.79 Å². The summed E-state index contributed by atoms with van der Waals surface area (Å²) in [5.74, 6) is 0.873. The second kappa shape index (κ2) is 8.07. The Bertz CT molecular complexity index is 882. The number of rotatable bonds is 5. The molecule has 0 fully saturated rings. The fraction of sp³-hybridized carbons (Fsp3) is 0.167. The van der Waals surface area contributed by atoms with E-state index in [1.807, 2.05) is 24.3 Å². The number of hydrogen-bond donors (Lipinski definition) is 5. The van der Waals surface area contributed by atoms with Gasteiger partial charge in [0, 0.05) is 16.8 Å². The smallest absolute Gasteiger partial charge is 0.159 e. The number of Topliss-reactive ketones (excluding diaryl/α,β-unsaturated/α-hetero) is 1. The number of nitrogens with two attached hydrogens (primary N) is 2. The lowest BCUT2D eigenvalue weighted by atomic mass is 10.1. The normalized spacial score (nSPS) is 10.0. The second-order valence-electron chi connectivity index (χ2n) is 5.32. The fourth-order valence-electron chi connectivity index (χ4n) is 2.32. The summed E-state index contributed by atoms with van der Waals surface area (Å²) in [6.45, 7) is 2.08. The van der Waals surface area contributed by atoms with Gasteiger partial charge in [-0.15, -0.1) is 0 Å². The molecule has 0 radical (unpaired) electrons. The third-order valence-electron chi connectivity index (χ3n) is 3.59. The van der Waals surface area contributed by atoms with E-state index in [0.29, 0.717) is 17.7 Å². The molecule has 2 aromatic carbocycles. The minimum atomic E-state index is 0.0340. The van der Waals surface area contributed by atoms with Gasteiger partial charge in [-0.25, -0.2) is 4.98 Å². The van der Waals surface area contributed by atoms with Crippen LogP contribution in [0.25, 0.3) is 11.0 Å². The number of hydrogen-bond acceptors (Lipinski definition) is 5. The van der Waals surface area contributed by atoms with Gasteiger partial charge in [0.05, 0.1) is 17.6 Å². The van der Waals surface area contributed by atoms with Crippen LogP contribution in [0.5, 0.6) is 0 Å². The number of ketones is 1. The van der Waals surface area contributed by atoms with Crippen molar-refractivity contribution in [3.05, 3.63) is 59.4 Å². The number of nitrogen functional groups attached to an aromatic ring is 1. The Hall–Kier alpha value is -3.19. The van der Waals surface area contributed by atoms with E-state index in [1.165, 1.54) is 7.05 Å². The highest BCUT2D eigenvalue weighted by molar-refractivity contribution is 5.97. The van der Waals surface area contributed by atoms with Gasteiger partial charge >= 0.3 is 0 Å². The average Bonchev–Trinajstić information content (AvgIpc) is 3.04. The molecule has 0 saturated heterocycles. The second-order valence-corrected chi connectivity index (χ2v) is 5.32. The fourth-order valence-corrected chi connectivity index (χ4v) is 2.32. The molecule has 1 aromatic heterocycles. The molecule has 1 heterocycles. The highest BCUT2D eigenvalue weighted by Crippen LogP contribution is 2.16. The van der Waals surface area contributed by atoms with E-state index < -0.39 is 0 Å². The summed E-state index contributed by atoms with van der Waals surface area (Å²) in [5, 5.41) is 10.6. The topological polar surface area (TPSA) is 134 Å². The van der Waals surface area contributed by atoms with Crippen LogP contribution in [0.3, 0.4) is 0 Å². The lowest BCUT2D eigenvalue weighted by molar-refractivity contribution is 0.101. The van der Waals surface area contributed by atoms with Crippen LogP contribution in [0.1, 0.15) is 28.7 Å². The van der Waals surface area contributed by atoms with Crippen LogP contribution in [0.2, 0.25) is 0 Å². The molecule has 0 saturated carbocycles. The molecular weight excluding hydrogens is 316 g/mol. The number of aromatic nitrogens is 2. The molecule has 0 aliphatic carbocycles. The molecule has 0 unspecified atom stereocenters. The Morgan fingerprint density at radius 1 is 1.16 bits per heavy atom. The molecule has 130 valence electrons. The van der Waals surface area contributed by atoms with Crippen LogP contribution in [-0.2, 0) is 6.54 Å². The van der Waals surface area contributed by atoms with Crippen molar-refractivity contribution in [2.45, 2.75) is 13.5 Å². The van der Waals surface area contributed by atoms with Crippen molar-refractivity contribution in [1.29, 1.82) is 5.41 Å².